The van der Waals surface area contributed by atoms with Crippen LogP contribution in [0, 0.1) is 6.33 Å². The predicted octanol–water partition coefficient (Wildman–Crippen LogP) is 9.83. The van der Waals surface area contributed by atoms with E-state index < -0.39 is 0 Å². The van der Waals surface area contributed by atoms with Crippen molar-refractivity contribution in [3.05, 3.63) is 146 Å². The topological polar surface area (TPSA) is 45.7 Å². The van der Waals surface area contributed by atoms with Crippen LogP contribution in [0.15, 0.2) is 140 Å². The van der Waals surface area contributed by atoms with Gasteiger partial charge in [-0.3, -0.25) is 4.57 Å². The average molecular weight is 673 g/mol. The highest BCUT2D eigenvalue weighted by Gasteiger charge is 2.27. The lowest BCUT2D eigenvalue weighted by atomic mass is 10.0. The van der Waals surface area contributed by atoms with E-state index in [4.69, 9.17) is 9.72 Å². The number of hydrogen-bond acceptors (Lipinski definition) is 2. The molecule has 0 saturated carbocycles. The fourth-order valence-corrected chi connectivity index (χ4v) is 8.59. The zero-order valence-electron chi connectivity index (χ0n) is 28.9. The number of aryl methyl sites for hydroxylation is 3. The maximum absolute atomic E-state index is 6.70. The van der Waals surface area contributed by atoms with Gasteiger partial charge >= 0.3 is 0 Å². The van der Waals surface area contributed by atoms with Gasteiger partial charge in [-0.25, -0.2) is 4.98 Å². The van der Waals surface area contributed by atoms with Crippen molar-refractivity contribution in [2.24, 2.45) is 21.1 Å². The molecule has 0 N–H and O–H groups in total. The van der Waals surface area contributed by atoms with Crippen molar-refractivity contribution in [1.82, 2.24) is 23.3 Å². The number of benzene rings is 6. The Bertz CT molecular complexity index is 3250. The van der Waals surface area contributed by atoms with Gasteiger partial charge in [-0.05, 0) is 48.5 Å². The fourth-order valence-electron chi connectivity index (χ4n) is 8.59. The summed E-state index contributed by atoms with van der Waals surface area (Å²) >= 11 is 0. The van der Waals surface area contributed by atoms with E-state index in [-0.39, 0.29) is 0 Å². The summed E-state index contributed by atoms with van der Waals surface area (Å²) in [5.74, 6) is 2.36. The number of imidazole rings is 1. The van der Waals surface area contributed by atoms with Gasteiger partial charge in [-0.1, -0.05) is 78.9 Å². The number of ether oxygens (including phenoxy) is 1. The van der Waals surface area contributed by atoms with Gasteiger partial charge in [0.2, 0.25) is 6.33 Å². The third-order valence-electron chi connectivity index (χ3n) is 10.8. The van der Waals surface area contributed by atoms with Crippen molar-refractivity contribution < 1.29 is 9.30 Å². The summed E-state index contributed by atoms with van der Waals surface area (Å²) in [5.41, 5.74) is 10.2. The molecule has 11 aromatic rings. The minimum Gasteiger partial charge on any atom is -0.458 e. The molecule has 0 saturated heterocycles. The fraction of sp³-hybridized carbons (Fsp3) is 0.0667. The first-order chi connectivity index (χ1) is 25.6. The molecule has 0 spiro atoms. The summed E-state index contributed by atoms with van der Waals surface area (Å²) in [4.78, 5) is 4.95. The molecule has 11 rings (SSSR count). The SMILES string of the molecule is Cn1[c-][n+](-c2cccc(Oc3ccc4c5c6c7ccccc7n(C)c6c6c(c7ccccc7n6C)c5n(-c5ccccn5)c4c3)c2)c2ccccc21. The van der Waals surface area contributed by atoms with Crippen LogP contribution < -0.4 is 9.30 Å². The van der Waals surface area contributed by atoms with Crippen LogP contribution in [0.25, 0.3) is 88.0 Å². The first-order valence-electron chi connectivity index (χ1n) is 17.5. The van der Waals surface area contributed by atoms with Crippen LogP contribution in [0.3, 0.4) is 0 Å². The summed E-state index contributed by atoms with van der Waals surface area (Å²) in [5, 5.41) is 7.28. The van der Waals surface area contributed by atoms with Gasteiger partial charge in [0.1, 0.15) is 17.3 Å². The largest absolute Gasteiger partial charge is 0.458 e. The van der Waals surface area contributed by atoms with Crippen molar-refractivity contribution >= 4 is 76.5 Å². The van der Waals surface area contributed by atoms with Gasteiger partial charge < -0.3 is 23.0 Å². The lowest BCUT2D eigenvalue weighted by molar-refractivity contribution is -0.572. The molecule has 0 bridgehead atoms. The van der Waals surface area contributed by atoms with Crippen LogP contribution in [-0.4, -0.2) is 23.3 Å². The van der Waals surface area contributed by atoms with Crippen LogP contribution in [0.2, 0.25) is 0 Å². The highest BCUT2D eigenvalue weighted by atomic mass is 16.5. The maximum Gasteiger partial charge on any atom is 0.244 e. The lowest BCUT2D eigenvalue weighted by Crippen LogP contribution is -2.29. The summed E-state index contributed by atoms with van der Waals surface area (Å²) < 4.78 is 17.9. The molecule has 248 valence electrons. The Hall–Kier alpha value is -6.86. The second-order valence-corrected chi connectivity index (χ2v) is 13.6. The number of hydrogen-bond donors (Lipinski definition) is 0. The van der Waals surface area contributed by atoms with Crippen molar-refractivity contribution in [2.45, 2.75) is 0 Å². The molecule has 5 heterocycles. The van der Waals surface area contributed by atoms with Gasteiger partial charge in [0, 0.05) is 69.7 Å². The van der Waals surface area contributed by atoms with Crippen LogP contribution >= 0.6 is 0 Å². The molecule has 0 fully saturated rings. The molecule has 0 unspecified atom stereocenters. The molecule has 6 aromatic carbocycles. The van der Waals surface area contributed by atoms with Crippen molar-refractivity contribution in [3.8, 4) is 23.0 Å². The Kier molecular flexibility index (Phi) is 5.88. The number of aromatic nitrogens is 6. The number of rotatable bonds is 4. The molecule has 0 atom stereocenters. The molecule has 0 aliphatic heterocycles. The second kappa shape index (κ2) is 10.6. The van der Waals surface area contributed by atoms with Gasteiger partial charge in [0.05, 0.1) is 45.8 Å². The molecule has 0 aliphatic carbocycles. The van der Waals surface area contributed by atoms with Gasteiger partial charge in [-0.15, -0.1) is 0 Å². The molecule has 7 nitrogen and oxygen atoms in total. The summed E-state index contributed by atoms with van der Waals surface area (Å²) in [7, 11) is 6.41. The molecular formula is C45H32N6O. The Morgan fingerprint density at radius 3 is 1.94 bits per heavy atom. The van der Waals surface area contributed by atoms with Gasteiger partial charge in [0.25, 0.3) is 0 Å². The Morgan fingerprint density at radius 1 is 0.538 bits per heavy atom. The molecular weight excluding hydrogens is 641 g/mol. The predicted molar refractivity (Wildman–Crippen MR) is 210 cm³/mol. The van der Waals surface area contributed by atoms with Crippen LogP contribution in [-0.2, 0) is 21.1 Å². The minimum absolute atomic E-state index is 0.749. The Balaban J connectivity index is 1.22. The van der Waals surface area contributed by atoms with E-state index in [1.54, 1.807) is 0 Å². The normalized spacial score (nSPS) is 12.1. The molecule has 52 heavy (non-hydrogen) atoms. The van der Waals surface area contributed by atoms with Crippen LogP contribution in [0.5, 0.6) is 11.5 Å². The van der Waals surface area contributed by atoms with Gasteiger partial charge in [-0.2, -0.15) is 0 Å². The average Bonchev–Trinajstić information content (AvgIpc) is 3.89. The highest BCUT2D eigenvalue weighted by Crippen LogP contribution is 2.48. The van der Waals surface area contributed by atoms with E-state index in [0.717, 1.165) is 50.5 Å². The third-order valence-corrected chi connectivity index (χ3v) is 10.8. The third kappa shape index (κ3) is 3.85. The van der Waals surface area contributed by atoms with E-state index in [0.29, 0.717) is 0 Å². The smallest absolute Gasteiger partial charge is 0.244 e. The van der Waals surface area contributed by atoms with E-state index in [1.807, 2.05) is 36.0 Å². The first-order valence-corrected chi connectivity index (χ1v) is 17.5. The second-order valence-electron chi connectivity index (χ2n) is 13.6. The number of nitrogens with zero attached hydrogens (tertiary/aromatic N) is 6. The molecule has 0 radical (unpaired) electrons. The van der Waals surface area contributed by atoms with E-state index in [1.165, 1.54) is 49.0 Å². The quantitative estimate of drug-likeness (QED) is 0.138. The summed E-state index contributed by atoms with van der Waals surface area (Å²) in [6.45, 7) is 0. The number of fused-ring (bicyclic) bond motifs is 13. The minimum atomic E-state index is 0.749. The Morgan fingerprint density at radius 2 is 1.17 bits per heavy atom. The monoisotopic (exact) mass is 672 g/mol. The van der Waals surface area contributed by atoms with E-state index in [2.05, 4.69) is 154 Å². The number of pyridine rings is 1. The molecule has 7 heteroatoms. The zero-order chi connectivity index (χ0) is 34.7. The van der Waals surface area contributed by atoms with Crippen molar-refractivity contribution in [3.63, 3.8) is 0 Å². The first kappa shape index (κ1) is 28.9. The van der Waals surface area contributed by atoms with Crippen molar-refractivity contribution in [2.75, 3.05) is 0 Å². The molecule has 5 aromatic heterocycles. The van der Waals surface area contributed by atoms with Crippen LogP contribution in [0.4, 0.5) is 0 Å². The highest BCUT2D eigenvalue weighted by molar-refractivity contribution is 6.40. The van der Waals surface area contributed by atoms with Crippen molar-refractivity contribution in [1.29, 1.82) is 0 Å². The number of para-hydroxylation sites is 4. The standard InChI is InChI=1S/C45H32N6O/c1-47-27-50(37-20-9-8-19-36(37)47)28-13-12-14-29(25-28)52-30-22-23-33-38(26-30)51(39-21-10-11-24-46-39)43-40(33)41-31-15-4-6-17-34(31)48(2)44(41)45-42(43)32-16-5-7-18-35(32)49(45)3/h4-26H,1-3H3. The summed E-state index contributed by atoms with van der Waals surface area (Å²) in [6, 6.07) is 46.6. The van der Waals surface area contributed by atoms with Crippen LogP contribution in [0.1, 0.15) is 0 Å². The lowest BCUT2D eigenvalue weighted by Gasteiger charge is -2.11. The van der Waals surface area contributed by atoms with Gasteiger partial charge in [0.15, 0.2) is 0 Å². The molecule has 0 amide bonds. The van der Waals surface area contributed by atoms with E-state index in [9.17, 15) is 0 Å². The van der Waals surface area contributed by atoms with E-state index >= 15 is 0 Å². The summed E-state index contributed by atoms with van der Waals surface area (Å²) in [6.07, 6.45) is 5.32. The zero-order valence-corrected chi connectivity index (χ0v) is 28.9. The Labute approximate surface area is 298 Å². The maximum atomic E-state index is 6.70. The molecule has 0 aliphatic rings.